The molecule has 0 radical (unpaired) electrons. The van der Waals surface area contributed by atoms with Crippen molar-refractivity contribution in [1.82, 2.24) is 24.8 Å². The Bertz CT molecular complexity index is 1190. The van der Waals surface area contributed by atoms with Crippen LogP contribution in [0.5, 0.6) is 0 Å². The molecule has 0 bridgehead atoms. The number of carbonyl (C=O) groups is 1. The second-order valence-electron chi connectivity index (χ2n) is 7.21. The molecule has 152 valence electrons. The van der Waals surface area contributed by atoms with Crippen LogP contribution >= 0.6 is 0 Å². The van der Waals surface area contributed by atoms with Crippen LogP contribution in [0.25, 0.3) is 27.8 Å². The number of H-pyrrole nitrogens is 1. The number of imidazole rings is 2. The molecule has 1 aromatic carbocycles. The van der Waals surface area contributed by atoms with Crippen LogP contribution in [0.15, 0.2) is 49.2 Å². The molecular formula is C21H23N8O+. The van der Waals surface area contributed by atoms with Crippen molar-refractivity contribution in [3.8, 4) is 16.8 Å². The number of fused-ring (bicyclic) bond motifs is 2. The zero-order valence-electron chi connectivity index (χ0n) is 16.6. The van der Waals surface area contributed by atoms with Gasteiger partial charge in [-0.2, -0.15) is 0 Å². The highest BCUT2D eigenvalue weighted by atomic mass is 16.2. The van der Waals surface area contributed by atoms with Crippen LogP contribution in [0.3, 0.4) is 0 Å². The van der Waals surface area contributed by atoms with Crippen LogP contribution in [-0.4, -0.2) is 38.6 Å². The lowest BCUT2D eigenvalue weighted by atomic mass is 10.1. The summed E-state index contributed by atoms with van der Waals surface area (Å²) in [5, 5.41) is 8.91. The van der Waals surface area contributed by atoms with Crippen LogP contribution < -0.4 is 20.5 Å². The highest BCUT2D eigenvalue weighted by Crippen LogP contribution is 2.30. The lowest BCUT2D eigenvalue weighted by Gasteiger charge is -2.07. The molecule has 0 saturated heterocycles. The molecule has 2 amide bonds. The van der Waals surface area contributed by atoms with Gasteiger partial charge in [0, 0.05) is 30.9 Å². The Morgan fingerprint density at radius 2 is 2.27 bits per heavy atom. The number of pyridine rings is 1. The van der Waals surface area contributed by atoms with Crippen molar-refractivity contribution in [3.63, 3.8) is 0 Å². The molecule has 0 aliphatic carbocycles. The number of aromatic nitrogens is 5. The molecule has 4 aromatic rings. The number of rotatable bonds is 4. The largest absolute Gasteiger partial charge is 0.338 e. The van der Waals surface area contributed by atoms with Gasteiger partial charge in [-0.05, 0) is 30.7 Å². The maximum atomic E-state index is 12.0. The first-order chi connectivity index (χ1) is 14.7. The number of benzene rings is 1. The highest BCUT2D eigenvalue weighted by Gasteiger charge is 2.21. The molecule has 9 nitrogen and oxygen atoms in total. The molecule has 5 rings (SSSR count). The summed E-state index contributed by atoms with van der Waals surface area (Å²) >= 11 is 0. The Hall–Kier alpha value is -3.88. The van der Waals surface area contributed by atoms with Gasteiger partial charge >= 0.3 is 6.03 Å². The van der Waals surface area contributed by atoms with Crippen molar-refractivity contribution in [1.29, 1.82) is 0 Å². The third-order valence-corrected chi connectivity index (χ3v) is 5.13. The van der Waals surface area contributed by atoms with Crippen LogP contribution in [0.2, 0.25) is 0 Å². The standard InChI is InChI=1S/C21H22N8O/c1-2-23-21(30)27-20-25-16-9-15(14-5-3-6-22-11-14)10-17(19(16)26-20)29-12-18-24-7-4-8-28(18)13-29/h3,5-6,9-13,24H,2,4,7-8H2,1H3,(H2-,23,25,26,27,30)/p+1. The molecule has 0 unspecified atom stereocenters. The fraction of sp³-hybridized carbons (Fsp3) is 0.238. The predicted octanol–water partition coefficient (Wildman–Crippen LogP) is 2.66. The zero-order valence-corrected chi connectivity index (χ0v) is 16.6. The zero-order chi connectivity index (χ0) is 20.5. The van der Waals surface area contributed by atoms with Crippen LogP contribution in [-0.2, 0) is 6.54 Å². The number of aryl methyl sites for hydroxylation is 1. The molecule has 1 aliphatic rings. The van der Waals surface area contributed by atoms with E-state index in [0.29, 0.717) is 12.5 Å². The molecule has 9 heteroatoms. The van der Waals surface area contributed by atoms with E-state index in [-0.39, 0.29) is 6.03 Å². The maximum Gasteiger partial charge on any atom is 0.321 e. The summed E-state index contributed by atoms with van der Waals surface area (Å²) in [5.41, 5.74) is 4.57. The first-order valence-electron chi connectivity index (χ1n) is 10.1. The first-order valence-corrected chi connectivity index (χ1v) is 10.1. The van der Waals surface area contributed by atoms with Gasteiger partial charge in [0.2, 0.25) is 5.95 Å². The van der Waals surface area contributed by atoms with E-state index in [1.807, 2.05) is 31.3 Å². The number of hydrogen-bond acceptors (Lipinski definition) is 4. The third-order valence-electron chi connectivity index (χ3n) is 5.13. The topological polar surface area (TPSA) is 104 Å². The van der Waals surface area contributed by atoms with Crippen molar-refractivity contribution >= 4 is 28.8 Å². The Morgan fingerprint density at radius 1 is 1.33 bits per heavy atom. The minimum absolute atomic E-state index is 0.290. The van der Waals surface area contributed by atoms with E-state index in [0.717, 1.165) is 53.2 Å². The molecule has 0 saturated carbocycles. The summed E-state index contributed by atoms with van der Waals surface area (Å²) in [6.45, 7) is 4.36. The molecule has 3 aromatic heterocycles. The van der Waals surface area contributed by atoms with Crippen LogP contribution in [0.4, 0.5) is 16.6 Å². The Morgan fingerprint density at radius 3 is 3.07 bits per heavy atom. The summed E-state index contributed by atoms with van der Waals surface area (Å²) < 4.78 is 4.28. The maximum absolute atomic E-state index is 12.0. The quantitative estimate of drug-likeness (QED) is 0.393. The minimum atomic E-state index is -0.290. The number of carbonyl (C=O) groups excluding carboxylic acids is 1. The van der Waals surface area contributed by atoms with E-state index >= 15 is 0 Å². The summed E-state index contributed by atoms with van der Waals surface area (Å²) in [7, 11) is 0. The number of hydrogen-bond donors (Lipinski definition) is 4. The van der Waals surface area contributed by atoms with Crippen molar-refractivity contribution < 1.29 is 9.36 Å². The molecule has 4 heterocycles. The number of nitrogens with zero attached hydrogens (tertiary/aromatic N) is 4. The van der Waals surface area contributed by atoms with Crippen molar-refractivity contribution in [2.24, 2.45) is 0 Å². The minimum Gasteiger partial charge on any atom is -0.338 e. The Labute approximate surface area is 173 Å². The van der Waals surface area contributed by atoms with Gasteiger partial charge in [-0.1, -0.05) is 6.07 Å². The van der Waals surface area contributed by atoms with E-state index in [2.05, 4.69) is 58.6 Å². The average Bonchev–Trinajstić information content (AvgIpc) is 3.37. The van der Waals surface area contributed by atoms with Gasteiger partial charge in [0.1, 0.15) is 17.4 Å². The SMILES string of the molecule is CCNC(=O)Nc1nc2c(-n3cc4[n+](c3)CCCN4)cc(-c3cccnc3)cc2[nH]1. The summed E-state index contributed by atoms with van der Waals surface area (Å²) in [6, 6.07) is 7.78. The lowest BCUT2D eigenvalue weighted by Crippen LogP contribution is -2.39. The summed E-state index contributed by atoms with van der Waals surface area (Å²) in [6.07, 6.45) is 8.85. The number of anilines is 2. The van der Waals surface area contributed by atoms with Crippen LogP contribution in [0.1, 0.15) is 13.3 Å². The number of amides is 2. The van der Waals surface area contributed by atoms with Crippen molar-refractivity contribution in [3.05, 3.63) is 49.2 Å². The highest BCUT2D eigenvalue weighted by molar-refractivity contribution is 5.94. The second-order valence-corrected chi connectivity index (χ2v) is 7.21. The van der Waals surface area contributed by atoms with E-state index in [1.54, 1.807) is 6.20 Å². The van der Waals surface area contributed by atoms with E-state index in [1.165, 1.54) is 0 Å². The smallest absolute Gasteiger partial charge is 0.321 e. The third kappa shape index (κ3) is 3.34. The predicted molar refractivity (Wildman–Crippen MR) is 115 cm³/mol. The lowest BCUT2D eigenvalue weighted by molar-refractivity contribution is -0.686. The molecule has 1 aliphatic heterocycles. The molecule has 4 N–H and O–H groups in total. The van der Waals surface area contributed by atoms with E-state index < -0.39 is 0 Å². The van der Waals surface area contributed by atoms with E-state index in [9.17, 15) is 4.79 Å². The fourth-order valence-electron chi connectivity index (χ4n) is 3.74. The fourth-order valence-corrected chi connectivity index (χ4v) is 3.74. The molecular weight excluding hydrogens is 380 g/mol. The van der Waals surface area contributed by atoms with Crippen molar-refractivity contribution in [2.45, 2.75) is 19.9 Å². The van der Waals surface area contributed by atoms with E-state index in [4.69, 9.17) is 0 Å². The number of aromatic amines is 1. The summed E-state index contributed by atoms with van der Waals surface area (Å²) in [4.78, 5) is 24.1. The monoisotopic (exact) mass is 403 g/mol. The average molecular weight is 403 g/mol. The number of urea groups is 1. The molecule has 0 spiro atoms. The van der Waals surface area contributed by atoms with Gasteiger partial charge in [0.15, 0.2) is 6.33 Å². The van der Waals surface area contributed by atoms with Gasteiger partial charge in [-0.15, -0.1) is 0 Å². The first kappa shape index (κ1) is 18.2. The Balaban J connectivity index is 1.65. The van der Waals surface area contributed by atoms with Gasteiger partial charge in [-0.25, -0.2) is 18.9 Å². The van der Waals surface area contributed by atoms with Crippen LogP contribution in [0, 0.1) is 0 Å². The van der Waals surface area contributed by atoms with Gasteiger partial charge < -0.3 is 15.6 Å². The second kappa shape index (κ2) is 7.51. The van der Waals surface area contributed by atoms with Crippen molar-refractivity contribution in [2.75, 3.05) is 23.7 Å². The van der Waals surface area contributed by atoms with Gasteiger partial charge in [0.05, 0.1) is 18.6 Å². The normalized spacial score (nSPS) is 13.0. The molecule has 30 heavy (non-hydrogen) atoms. The summed E-state index contributed by atoms with van der Waals surface area (Å²) in [5.74, 6) is 1.49. The number of nitrogens with one attached hydrogen (secondary N) is 4. The van der Waals surface area contributed by atoms with Gasteiger partial charge in [0.25, 0.3) is 5.82 Å². The van der Waals surface area contributed by atoms with Gasteiger partial charge in [-0.3, -0.25) is 10.3 Å². The molecule has 0 fully saturated rings. The molecule has 0 atom stereocenters. The Kier molecular flexibility index (Phi) is 4.55.